The fraction of sp³-hybridized carbons (Fsp3) is 0.667. The van der Waals surface area contributed by atoms with Crippen LogP contribution in [-0.4, -0.2) is 54.5 Å². The molecule has 1 fully saturated rings. The molecule has 0 unspecified atom stereocenters. The van der Waals surface area contributed by atoms with Crippen LogP contribution in [0.4, 0.5) is 11.8 Å². The molecule has 106 valence electrons. The van der Waals surface area contributed by atoms with Gasteiger partial charge in [-0.2, -0.15) is 4.98 Å². The van der Waals surface area contributed by atoms with Crippen molar-refractivity contribution in [3.8, 4) is 0 Å². The lowest BCUT2D eigenvalue weighted by molar-refractivity contribution is 0.0158. The number of anilines is 2. The largest absolute Gasteiger partial charge is 0.394 e. The number of nitrogens with one attached hydrogen (secondary N) is 1. The number of aliphatic hydroxyl groups excluding tert-OH is 1. The Morgan fingerprint density at radius 1 is 1.53 bits per heavy atom. The van der Waals surface area contributed by atoms with Crippen LogP contribution in [0.2, 0.25) is 0 Å². The highest BCUT2D eigenvalue weighted by molar-refractivity contribution is 9.10. The average molecular weight is 331 g/mol. The molecule has 1 aliphatic heterocycles. The van der Waals surface area contributed by atoms with Gasteiger partial charge in [0.2, 0.25) is 5.95 Å². The first kappa shape index (κ1) is 14.5. The Balaban J connectivity index is 1.97. The van der Waals surface area contributed by atoms with Crippen molar-refractivity contribution in [3.63, 3.8) is 0 Å². The van der Waals surface area contributed by atoms with Crippen molar-refractivity contribution in [2.45, 2.75) is 18.9 Å². The highest BCUT2D eigenvalue weighted by Crippen LogP contribution is 2.27. The number of halogens is 1. The van der Waals surface area contributed by atoms with E-state index in [1.54, 1.807) is 6.20 Å². The average Bonchev–Trinajstić information content (AvgIpc) is 2.46. The third kappa shape index (κ3) is 3.77. The summed E-state index contributed by atoms with van der Waals surface area (Å²) < 4.78 is 6.46. The minimum absolute atomic E-state index is 0.0865. The molecule has 0 amide bonds. The van der Waals surface area contributed by atoms with Gasteiger partial charge in [-0.3, -0.25) is 0 Å². The minimum Gasteiger partial charge on any atom is -0.394 e. The lowest BCUT2D eigenvalue weighted by Gasteiger charge is -2.33. The summed E-state index contributed by atoms with van der Waals surface area (Å²) in [6.07, 6.45) is 3.91. The molecule has 7 heteroatoms. The number of piperidine rings is 1. The van der Waals surface area contributed by atoms with Crippen LogP contribution in [0.25, 0.3) is 0 Å². The van der Waals surface area contributed by atoms with Gasteiger partial charge in [0.05, 0.1) is 23.8 Å². The topological polar surface area (TPSA) is 70.5 Å². The summed E-state index contributed by atoms with van der Waals surface area (Å²) in [5.41, 5.74) is 0. The van der Waals surface area contributed by atoms with Gasteiger partial charge in [0.15, 0.2) is 0 Å². The van der Waals surface area contributed by atoms with Crippen LogP contribution in [0.1, 0.15) is 12.8 Å². The van der Waals surface area contributed by atoms with Crippen LogP contribution in [0.3, 0.4) is 0 Å². The van der Waals surface area contributed by atoms with E-state index in [-0.39, 0.29) is 12.7 Å². The van der Waals surface area contributed by atoms with E-state index in [9.17, 15) is 0 Å². The fourth-order valence-corrected chi connectivity index (χ4v) is 2.60. The van der Waals surface area contributed by atoms with Gasteiger partial charge in [-0.05, 0) is 28.8 Å². The molecule has 0 bridgehead atoms. The van der Waals surface area contributed by atoms with Crippen molar-refractivity contribution in [1.82, 2.24) is 9.97 Å². The van der Waals surface area contributed by atoms with Crippen molar-refractivity contribution in [3.05, 3.63) is 10.7 Å². The van der Waals surface area contributed by atoms with Crippen molar-refractivity contribution in [1.29, 1.82) is 0 Å². The van der Waals surface area contributed by atoms with E-state index >= 15 is 0 Å². The maximum atomic E-state index is 8.76. The highest BCUT2D eigenvalue weighted by atomic mass is 79.9. The molecule has 0 spiro atoms. The van der Waals surface area contributed by atoms with Gasteiger partial charge in [-0.25, -0.2) is 4.98 Å². The van der Waals surface area contributed by atoms with Gasteiger partial charge in [0.25, 0.3) is 0 Å². The van der Waals surface area contributed by atoms with E-state index < -0.39 is 0 Å². The summed E-state index contributed by atoms with van der Waals surface area (Å²) in [7, 11) is 1.81. The second-order valence-corrected chi connectivity index (χ2v) is 5.25. The zero-order valence-corrected chi connectivity index (χ0v) is 12.6. The number of aliphatic hydroxyl groups is 1. The zero-order valence-electron chi connectivity index (χ0n) is 11.0. The first-order chi connectivity index (χ1) is 9.24. The molecule has 2 heterocycles. The standard InChI is InChI=1S/C12H19BrN4O2/c1-14-12-15-8-10(13)11(16-12)17-4-2-9(3-5-17)19-7-6-18/h8-9,18H,2-7H2,1H3,(H,14,15,16). The monoisotopic (exact) mass is 330 g/mol. The number of rotatable bonds is 5. The third-order valence-electron chi connectivity index (χ3n) is 3.14. The lowest BCUT2D eigenvalue weighted by Crippen LogP contribution is -2.38. The number of hydrogen-bond acceptors (Lipinski definition) is 6. The molecule has 19 heavy (non-hydrogen) atoms. The van der Waals surface area contributed by atoms with Gasteiger partial charge in [0, 0.05) is 26.3 Å². The van der Waals surface area contributed by atoms with E-state index in [0.717, 1.165) is 36.2 Å². The van der Waals surface area contributed by atoms with E-state index in [1.807, 2.05) is 7.05 Å². The van der Waals surface area contributed by atoms with Gasteiger partial charge in [-0.1, -0.05) is 0 Å². The predicted octanol–water partition coefficient (Wildman–Crippen LogP) is 1.26. The molecule has 0 atom stereocenters. The van der Waals surface area contributed by atoms with Gasteiger partial charge < -0.3 is 20.1 Å². The fourth-order valence-electron chi connectivity index (χ4n) is 2.15. The molecule has 2 N–H and O–H groups in total. The van der Waals surface area contributed by atoms with E-state index in [1.165, 1.54) is 0 Å². The predicted molar refractivity (Wildman–Crippen MR) is 77.6 cm³/mol. The quantitative estimate of drug-likeness (QED) is 0.847. The van der Waals surface area contributed by atoms with Crippen LogP contribution in [0.5, 0.6) is 0 Å². The molecule has 1 aromatic heterocycles. The van der Waals surface area contributed by atoms with E-state index in [0.29, 0.717) is 12.6 Å². The maximum Gasteiger partial charge on any atom is 0.224 e. The van der Waals surface area contributed by atoms with Gasteiger partial charge in [0.1, 0.15) is 5.82 Å². The molecule has 1 aliphatic rings. The van der Waals surface area contributed by atoms with Crippen LogP contribution in [-0.2, 0) is 4.74 Å². The van der Waals surface area contributed by atoms with Crippen LogP contribution < -0.4 is 10.2 Å². The molecular formula is C12H19BrN4O2. The molecule has 0 aromatic carbocycles. The summed E-state index contributed by atoms with van der Waals surface area (Å²) in [6.45, 7) is 2.30. The summed E-state index contributed by atoms with van der Waals surface area (Å²) >= 11 is 3.49. The molecule has 1 aromatic rings. The van der Waals surface area contributed by atoms with E-state index in [2.05, 4.69) is 36.1 Å². The Labute approximate surface area is 121 Å². The summed E-state index contributed by atoms with van der Waals surface area (Å²) in [5, 5.41) is 11.7. The molecule has 2 rings (SSSR count). The summed E-state index contributed by atoms with van der Waals surface area (Å²) in [6, 6.07) is 0. The summed E-state index contributed by atoms with van der Waals surface area (Å²) in [4.78, 5) is 10.9. The SMILES string of the molecule is CNc1ncc(Br)c(N2CCC(OCCO)CC2)n1. The van der Waals surface area contributed by atoms with Gasteiger partial charge >= 0.3 is 0 Å². The van der Waals surface area contributed by atoms with Crippen LogP contribution in [0.15, 0.2) is 10.7 Å². The highest BCUT2D eigenvalue weighted by Gasteiger charge is 2.22. The molecule has 6 nitrogen and oxygen atoms in total. The van der Waals surface area contributed by atoms with Gasteiger partial charge in [-0.15, -0.1) is 0 Å². The second-order valence-electron chi connectivity index (χ2n) is 4.40. The minimum atomic E-state index is 0.0865. The number of nitrogens with zero attached hydrogens (tertiary/aromatic N) is 3. The first-order valence-corrected chi connectivity index (χ1v) is 7.21. The lowest BCUT2D eigenvalue weighted by atomic mass is 10.1. The molecule has 0 aliphatic carbocycles. The molecule has 0 saturated carbocycles. The second kappa shape index (κ2) is 7.02. The normalized spacial score (nSPS) is 16.7. The Bertz CT molecular complexity index is 411. The maximum absolute atomic E-state index is 8.76. The molecular weight excluding hydrogens is 312 g/mol. The zero-order chi connectivity index (χ0) is 13.7. The molecule has 1 saturated heterocycles. The number of aromatic nitrogens is 2. The first-order valence-electron chi connectivity index (χ1n) is 6.42. The van der Waals surface area contributed by atoms with Crippen molar-refractivity contribution in [2.75, 3.05) is 43.6 Å². The third-order valence-corrected chi connectivity index (χ3v) is 3.69. The van der Waals surface area contributed by atoms with Crippen molar-refractivity contribution in [2.24, 2.45) is 0 Å². The molecule has 0 radical (unpaired) electrons. The summed E-state index contributed by atoms with van der Waals surface area (Å²) in [5.74, 6) is 1.54. The number of ether oxygens (including phenoxy) is 1. The Hall–Kier alpha value is -0.920. The van der Waals surface area contributed by atoms with Crippen molar-refractivity contribution < 1.29 is 9.84 Å². The van der Waals surface area contributed by atoms with E-state index in [4.69, 9.17) is 9.84 Å². The Morgan fingerprint density at radius 3 is 2.89 bits per heavy atom. The number of hydrogen-bond donors (Lipinski definition) is 2. The van der Waals surface area contributed by atoms with Crippen molar-refractivity contribution >= 4 is 27.7 Å². The Morgan fingerprint density at radius 2 is 2.26 bits per heavy atom. The smallest absolute Gasteiger partial charge is 0.224 e. The van der Waals surface area contributed by atoms with Crippen LogP contribution in [0, 0.1) is 0 Å². The Kier molecular flexibility index (Phi) is 5.35. The van der Waals surface area contributed by atoms with Crippen LogP contribution >= 0.6 is 15.9 Å².